The summed E-state index contributed by atoms with van der Waals surface area (Å²) in [6.07, 6.45) is 5.42. The Hall–Kier alpha value is -2.54. The average Bonchev–Trinajstić information content (AvgIpc) is 3.11. The number of carbonyl (C=O) groups excluding carboxylic acids is 2. The van der Waals surface area contributed by atoms with Gasteiger partial charge in [0.15, 0.2) is 0 Å². The highest BCUT2D eigenvalue weighted by molar-refractivity contribution is 5.97. The number of aliphatic hydroxyl groups is 1. The molecule has 24 heavy (non-hydrogen) atoms. The Morgan fingerprint density at radius 1 is 1.21 bits per heavy atom. The highest BCUT2D eigenvalue weighted by Crippen LogP contribution is 2.17. The minimum atomic E-state index is -0.994. The van der Waals surface area contributed by atoms with Gasteiger partial charge in [-0.2, -0.15) is 0 Å². The van der Waals surface area contributed by atoms with Crippen LogP contribution in [0.3, 0.4) is 0 Å². The van der Waals surface area contributed by atoms with Crippen LogP contribution in [0.25, 0.3) is 11.0 Å². The van der Waals surface area contributed by atoms with Crippen molar-refractivity contribution in [3.8, 4) is 0 Å². The molecule has 2 amide bonds. The number of para-hydroxylation sites is 2. The van der Waals surface area contributed by atoms with Crippen molar-refractivity contribution in [1.29, 1.82) is 0 Å². The van der Waals surface area contributed by atoms with Crippen LogP contribution < -0.4 is 10.6 Å². The van der Waals surface area contributed by atoms with E-state index in [1.807, 2.05) is 12.1 Å². The van der Waals surface area contributed by atoms with Crippen molar-refractivity contribution in [2.24, 2.45) is 0 Å². The van der Waals surface area contributed by atoms with Gasteiger partial charge < -0.3 is 15.7 Å². The van der Waals surface area contributed by atoms with Gasteiger partial charge in [0.05, 0.1) is 23.8 Å². The van der Waals surface area contributed by atoms with E-state index in [1.165, 1.54) is 6.20 Å². The SMILES string of the molecule is O=C(N[C@@H](CO)C(=O)NC1CCCC1)c1cnc2ccccc2n1. The number of aliphatic hydroxyl groups excluding tert-OH is 1. The lowest BCUT2D eigenvalue weighted by atomic mass is 10.2. The Bertz CT molecular complexity index is 743. The Balaban J connectivity index is 1.67. The van der Waals surface area contributed by atoms with Gasteiger partial charge in [0.1, 0.15) is 11.7 Å². The Labute approximate surface area is 139 Å². The lowest BCUT2D eigenvalue weighted by Gasteiger charge is -2.19. The molecule has 1 aromatic carbocycles. The molecular formula is C17H20N4O3. The van der Waals surface area contributed by atoms with Crippen LogP contribution in [0.15, 0.2) is 30.5 Å². The summed E-state index contributed by atoms with van der Waals surface area (Å²) in [6.45, 7) is -0.467. The van der Waals surface area contributed by atoms with Gasteiger partial charge in [0.2, 0.25) is 5.91 Å². The fourth-order valence-electron chi connectivity index (χ4n) is 2.86. The third-order valence-corrected chi connectivity index (χ3v) is 4.19. The number of hydrogen-bond donors (Lipinski definition) is 3. The Morgan fingerprint density at radius 2 is 1.92 bits per heavy atom. The van der Waals surface area contributed by atoms with Gasteiger partial charge in [0.25, 0.3) is 5.91 Å². The van der Waals surface area contributed by atoms with E-state index in [-0.39, 0.29) is 17.6 Å². The fourth-order valence-corrected chi connectivity index (χ4v) is 2.86. The number of nitrogens with zero attached hydrogens (tertiary/aromatic N) is 2. The highest BCUT2D eigenvalue weighted by Gasteiger charge is 2.25. The first-order valence-electron chi connectivity index (χ1n) is 8.11. The van der Waals surface area contributed by atoms with Crippen LogP contribution in [-0.2, 0) is 4.79 Å². The summed E-state index contributed by atoms with van der Waals surface area (Å²) in [5.74, 6) is -0.902. The molecule has 0 saturated heterocycles. The third-order valence-electron chi connectivity index (χ3n) is 4.19. The van der Waals surface area contributed by atoms with Crippen molar-refractivity contribution in [3.05, 3.63) is 36.2 Å². The molecule has 2 aromatic rings. The van der Waals surface area contributed by atoms with E-state index in [9.17, 15) is 14.7 Å². The van der Waals surface area contributed by atoms with E-state index >= 15 is 0 Å². The van der Waals surface area contributed by atoms with Crippen LogP contribution in [0.4, 0.5) is 0 Å². The van der Waals surface area contributed by atoms with Crippen LogP contribution in [0, 0.1) is 0 Å². The molecule has 0 radical (unpaired) electrons. The van der Waals surface area contributed by atoms with Gasteiger partial charge in [-0.15, -0.1) is 0 Å². The van der Waals surface area contributed by atoms with E-state index in [0.29, 0.717) is 11.0 Å². The summed E-state index contributed by atoms with van der Waals surface area (Å²) < 4.78 is 0. The number of carbonyl (C=O) groups is 2. The van der Waals surface area contributed by atoms with Crippen molar-refractivity contribution in [1.82, 2.24) is 20.6 Å². The Kier molecular flexibility index (Phi) is 5.00. The first kappa shape index (κ1) is 16.3. The molecule has 3 rings (SSSR count). The van der Waals surface area contributed by atoms with Crippen LogP contribution in [0.1, 0.15) is 36.2 Å². The minimum absolute atomic E-state index is 0.112. The van der Waals surface area contributed by atoms with Crippen molar-refractivity contribution in [2.45, 2.75) is 37.8 Å². The van der Waals surface area contributed by atoms with Gasteiger partial charge >= 0.3 is 0 Å². The first-order chi connectivity index (χ1) is 11.7. The Morgan fingerprint density at radius 3 is 2.62 bits per heavy atom. The zero-order chi connectivity index (χ0) is 16.9. The second-order valence-corrected chi connectivity index (χ2v) is 5.94. The quantitative estimate of drug-likeness (QED) is 0.752. The third kappa shape index (κ3) is 3.68. The van der Waals surface area contributed by atoms with Gasteiger partial charge in [-0.3, -0.25) is 14.6 Å². The molecule has 0 aliphatic heterocycles. The van der Waals surface area contributed by atoms with E-state index < -0.39 is 18.6 Å². The topological polar surface area (TPSA) is 104 Å². The number of rotatable bonds is 5. The van der Waals surface area contributed by atoms with Crippen LogP contribution >= 0.6 is 0 Å². The number of hydrogen-bond acceptors (Lipinski definition) is 5. The van der Waals surface area contributed by atoms with Crippen molar-refractivity contribution in [2.75, 3.05) is 6.61 Å². The molecule has 7 nitrogen and oxygen atoms in total. The lowest BCUT2D eigenvalue weighted by Crippen LogP contribution is -2.51. The molecule has 1 fully saturated rings. The molecular weight excluding hydrogens is 308 g/mol. The summed E-state index contributed by atoms with van der Waals surface area (Å²) in [7, 11) is 0. The molecule has 0 unspecified atom stereocenters. The second-order valence-electron chi connectivity index (χ2n) is 5.94. The normalized spacial score (nSPS) is 16.0. The summed E-state index contributed by atoms with van der Waals surface area (Å²) in [4.78, 5) is 32.9. The lowest BCUT2D eigenvalue weighted by molar-refractivity contribution is -0.124. The first-order valence-corrected chi connectivity index (χ1v) is 8.11. The number of aromatic nitrogens is 2. The van der Waals surface area contributed by atoms with Gasteiger partial charge in [-0.25, -0.2) is 4.98 Å². The average molecular weight is 328 g/mol. The maximum absolute atomic E-state index is 12.3. The number of nitrogens with one attached hydrogen (secondary N) is 2. The molecule has 1 atom stereocenters. The predicted octanol–water partition coefficient (Wildman–Crippen LogP) is 0.779. The van der Waals surface area contributed by atoms with E-state index in [4.69, 9.17) is 0 Å². The van der Waals surface area contributed by atoms with Crippen molar-refractivity contribution in [3.63, 3.8) is 0 Å². The van der Waals surface area contributed by atoms with Gasteiger partial charge in [-0.05, 0) is 25.0 Å². The molecule has 1 aliphatic carbocycles. The second kappa shape index (κ2) is 7.35. The monoisotopic (exact) mass is 328 g/mol. The summed E-state index contributed by atoms with van der Waals surface area (Å²) in [6, 6.07) is 6.34. The molecule has 1 heterocycles. The van der Waals surface area contributed by atoms with Gasteiger partial charge in [0, 0.05) is 6.04 Å². The van der Waals surface area contributed by atoms with Crippen molar-refractivity contribution < 1.29 is 14.7 Å². The molecule has 1 aliphatic rings. The molecule has 0 spiro atoms. The van der Waals surface area contributed by atoms with Crippen LogP contribution in [0.2, 0.25) is 0 Å². The largest absolute Gasteiger partial charge is 0.394 e. The maximum Gasteiger partial charge on any atom is 0.272 e. The summed E-state index contributed by atoms with van der Waals surface area (Å²) in [5, 5.41) is 14.8. The maximum atomic E-state index is 12.3. The highest BCUT2D eigenvalue weighted by atomic mass is 16.3. The zero-order valence-electron chi connectivity index (χ0n) is 13.2. The zero-order valence-corrected chi connectivity index (χ0v) is 13.2. The van der Waals surface area contributed by atoms with E-state index in [1.54, 1.807) is 12.1 Å². The molecule has 1 aromatic heterocycles. The van der Waals surface area contributed by atoms with E-state index in [2.05, 4.69) is 20.6 Å². The van der Waals surface area contributed by atoms with E-state index in [0.717, 1.165) is 25.7 Å². The van der Waals surface area contributed by atoms with Crippen molar-refractivity contribution >= 4 is 22.8 Å². The summed E-state index contributed by atoms with van der Waals surface area (Å²) in [5.41, 5.74) is 1.40. The molecule has 1 saturated carbocycles. The minimum Gasteiger partial charge on any atom is -0.394 e. The van der Waals surface area contributed by atoms with Gasteiger partial charge in [-0.1, -0.05) is 25.0 Å². The number of benzene rings is 1. The number of fused-ring (bicyclic) bond motifs is 1. The molecule has 126 valence electrons. The van der Waals surface area contributed by atoms with Crippen LogP contribution in [0.5, 0.6) is 0 Å². The number of amides is 2. The molecule has 0 bridgehead atoms. The standard InChI is InChI=1S/C17H20N4O3/c22-10-15(17(24)19-11-5-1-2-6-11)21-16(23)14-9-18-12-7-3-4-8-13(12)20-14/h3-4,7-9,11,15,22H,1-2,5-6,10H2,(H,19,24)(H,21,23)/t15-/m0/s1. The molecule has 7 heteroatoms. The fraction of sp³-hybridized carbons (Fsp3) is 0.412. The summed E-state index contributed by atoms with van der Waals surface area (Å²) >= 11 is 0. The molecule has 3 N–H and O–H groups in total. The predicted molar refractivity (Wildman–Crippen MR) is 88.3 cm³/mol. The van der Waals surface area contributed by atoms with Crippen LogP contribution in [-0.4, -0.2) is 45.6 Å². The smallest absolute Gasteiger partial charge is 0.272 e.